The number of rotatable bonds is 4. The first-order valence-corrected chi connectivity index (χ1v) is 9.47. The van der Waals surface area contributed by atoms with Crippen molar-refractivity contribution < 1.29 is 9.72 Å². The average Bonchev–Trinajstić information content (AvgIpc) is 2.63. The summed E-state index contributed by atoms with van der Waals surface area (Å²) in [5, 5.41) is 14.6. The molecule has 2 aliphatic rings. The van der Waals surface area contributed by atoms with E-state index in [0.29, 0.717) is 17.2 Å². The smallest absolute Gasteiger partial charge is 0.293 e. The highest BCUT2D eigenvalue weighted by atomic mass is 16.6. The Balaban J connectivity index is 1.73. The van der Waals surface area contributed by atoms with Crippen LogP contribution in [-0.2, 0) is 0 Å². The Morgan fingerprint density at radius 1 is 1.15 bits per heavy atom. The van der Waals surface area contributed by atoms with E-state index in [1.807, 2.05) is 11.9 Å². The van der Waals surface area contributed by atoms with Gasteiger partial charge in [0.15, 0.2) is 0 Å². The predicted octanol–water partition coefficient (Wildman–Crippen LogP) is 2.66. The highest BCUT2D eigenvalue weighted by molar-refractivity contribution is 5.96. The molecule has 2 fully saturated rings. The number of likely N-dealkylation sites (N-methyl/N-ethyl adjacent to an activating group) is 1. The lowest BCUT2D eigenvalue weighted by molar-refractivity contribution is -0.384. The molecule has 1 aromatic carbocycles. The highest BCUT2D eigenvalue weighted by Gasteiger charge is 2.25. The summed E-state index contributed by atoms with van der Waals surface area (Å²) in [6, 6.07) is 5.03. The van der Waals surface area contributed by atoms with Crippen molar-refractivity contribution in [2.24, 2.45) is 5.92 Å². The third kappa shape index (κ3) is 4.33. The van der Waals surface area contributed by atoms with Crippen LogP contribution in [0.15, 0.2) is 18.2 Å². The minimum Gasteiger partial charge on any atom is -0.363 e. The molecule has 0 bridgehead atoms. The van der Waals surface area contributed by atoms with Gasteiger partial charge in [0.2, 0.25) is 0 Å². The summed E-state index contributed by atoms with van der Waals surface area (Å²) >= 11 is 0. The van der Waals surface area contributed by atoms with Crippen LogP contribution in [0.2, 0.25) is 0 Å². The van der Waals surface area contributed by atoms with E-state index in [-0.39, 0.29) is 22.6 Å². The SMILES string of the molecule is CC1CCC(NC(=O)c2ccc(N3CCN(C)CC3)c([N+](=O)[O-])c2)CC1. The molecule has 1 aliphatic carbocycles. The monoisotopic (exact) mass is 360 g/mol. The Morgan fingerprint density at radius 3 is 2.42 bits per heavy atom. The highest BCUT2D eigenvalue weighted by Crippen LogP contribution is 2.30. The molecule has 0 radical (unpaired) electrons. The molecule has 1 saturated carbocycles. The zero-order chi connectivity index (χ0) is 18.7. The number of benzene rings is 1. The molecular formula is C19H28N4O3. The molecule has 7 nitrogen and oxygen atoms in total. The summed E-state index contributed by atoms with van der Waals surface area (Å²) in [5.41, 5.74) is 0.985. The maximum atomic E-state index is 12.5. The number of nitrogens with one attached hydrogen (secondary N) is 1. The van der Waals surface area contributed by atoms with E-state index in [9.17, 15) is 14.9 Å². The number of carbonyl (C=O) groups is 1. The Labute approximate surface area is 154 Å². The molecule has 1 saturated heterocycles. The van der Waals surface area contributed by atoms with Gasteiger partial charge in [-0.25, -0.2) is 0 Å². The largest absolute Gasteiger partial charge is 0.363 e. The van der Waals surface area contributed by atoms with E-state index >= 15 is 0 Å². The van der Waals surface area contributed by atoms with Gasteiger partial charge in [0, 0.05) is 43.9 Å². The van der Waals surface area contributed by atoms with Crippen molar-refractivity contribution in [1.82, 2.24) is 10.2 Å². The van der Waals surface area contributed by atoms with Crippen LogP contribution < -0.4 is 10.2 Å². The minimum absolute atomic E-state index is 0.0134. The number of amides is 1. The molecule has 0 spiro atoms. The number of hydrogen-bond acceptors (Lipinski definition) is 5. The predicted molar refractivity (Wildman–Crippen MR) is 102 cm³/mol. The van der Waals surface area contributed by atoms with Crippen molar-refractivity contribution in [3.05, 3.63) is 33.9 Å². The number of nitro groups is 1. The van der Waals surface area contributed by atoms with Gasteiger partial charge in [-0.1, -0.05) is 6.92 Å². The van der Waals surface area contributed by atoms with Crippen molar-refractivity contribution in [2.75, 3.05) is 38.1 Å². The molecule has 1 N–H and O–H groups in total. The van der Waals surface area contributed by atoms with Crippen LogP contribution in [0, 0.1) is 16.0 Å². The minimum atomic E-state index is -0.382. The van der Waals surface area contributed by atoms with Gasteiger partial charge in [0.1, 0.15) is 5.69 Å². The zero-order valence-electron chi connectivity index (χ0n) is 15.6. The Hall–Kier alpha value is -2.15. The molecule has 1 aliphatic heterocycles. The first-order valence-electron chi connectivity index (χ1n) is 9.47. The van der Waals surface area contributed by atoms with Crippen molar-refractivity contribution in [3.8, 4) is 0 Å². The lowest BCUT2D eigenvalue weighted by Crippen LogP contribution is -2.44. The fourth-order valence-electron chi connectivity index (χ4n) is 3.80. The molecular weight excluding hydrogens is 332 g/mol. The van der Waals surface area contributed by atoms with E-state index in [1.54, 1.807) is 12.1 Å². The Morgan fingerprint density at radius 2 is 1.81 bits per heavy atom. The lowest BCUT2D eigenvalue weighted by Gasteiger charge is -2.33. The summed E-state index contributed by atoms with van der Waals surface area (Å²) in [6.07, 6.45) is 4.20. The Bertz CT molecular complexity index is 663. The second kappa shape index (κ2) is 8.03. The van der Waals surface area contributed by atoms with E-state index in [2.05, 4.69) is 17.1 Å². The molecule has 1 amide bonds. The van der Waals surface area contributed by atoms with Crippen LogP contribution in [-0.4, -0.2) is 55.0 Å². The topological polar surface area (TPSA) is 78.7 Å². The van der Waals surface area contributed by atoms with Crippen LogP contribution in [0.25, 0.3) is 0 Å². The summed E-state index contributed by atoms with van der Waals surface area (Å²) in [5.74, 6) is 0.504. The molecule has 7 heteroatoms. The number of nitro benzene ring substituents is 1. The van der Waals surface area contributed by atoms with Crippen molar-refractivity contribution in [2.45, 2.75) is 38.6 Å². The van der Waals surface area contributed by atoms with Crippen molar-refractivity contribution in [1.29, 1.82) is 0 Å². The van der Waals surface area contributed by atoms with Crippen LogP contribution >= 0.6 is 0 Å². The molecule has 3 rings (SSSR count). The van der Waals surface area contributed by atoms with Gasteiger partial charge in [-0.05, 0) is 50.8 Å². The third-order valence-corrected chi connectivity index (χ3v) is 5.63. The van der Waals surface area contributed by atoms with E-state index < -0.39 is 0 Å². The molecule has 1 heterocycles. The fourth-order valence-corrected chi connectivity index (χ4v) is 3.80. The van der Waals surface area contributed by atoms with Gasteiger partial charge in [-0.15, -0.1) is 0 Å². The summed E-state index contributed by atoms with van der Waals surface area (Å²) in [6.45, 7) is 5.49. The summed E-state index contributed by atoms with van der Waals surface area (Å²) < 4.78 is 0. The first kappa shape index (κ1) is 18.6. The van der Waals surface area contributed by atoms with Gasteiger partial charge in [0.05, 0.1) is 4.92 Å². The third-order valence-electron chi connectivity index (χ3n) is 5.63. The van der Waals surface area contributed by atoms with Crippen LogP contribution in [0.4, 0.5) is 11.4 Å². The van der Waals surface area contributed by atoms with Gasteiger partial charge < -0.3 is 15.1 Å². The molecule has 0 aromatic heterocycles. The normalized spacial score (nSPS) is 24.3. The van der Waals surface area contributed by atoms with Crippen molar-refractivity contribution >= 4 is 17.3 Å². The second-order valence-corrected chi connectivity index (χ2v) is 7.68. The van der Waals surface area contributed by atoms with Crippen molar-refractivity contribution in [3.63, 3.8) is 0 Å². The van der Waals surface area contributed by atoms with E-state index in [0.717, 1.165) is 51.9 Å². The number of hydrogen-bond donors (Lipinski definition) is 1. The molecule has 26 heavy (non-hydrogen) atoms. The molecule has 142 valence electrons. The average molecular weight is 360 g/mol. The van der Waals surface area contributed by atoms with Gasteiger partial charge >= 0.3 is 0 Å². The lowest BCUT2D eigenvalue weighted by atomic mass is 9.87. The first-order chi connectivity index (χ1) is 12.4. The zero-order valence-corrected chi connectivity index (χ0v) is 15.6. The number of piperazine rings is 1. The summed E-state index contributed by atoms with van der Waals surface area (Å²) in [7, 11) is 2.05. The fraction of sp³-hybridized carbons (Fsp3) is 0.632. The Kier molecular flexibility index (Phi) is 5.76. The number of carbonyl (C=O) groups excluding carboxylic acids is 1. The molecule has 0 atom stereocenters. The van der Waals surface area contributed by atoms with Crippen LogP contribution in [0.5, 0.6) is 0 Å². The molecule has 1 aromatic rings. The van der Waals surface area contributed by atoms with Gasteiger partial charge in [-0.3, -0.25) is 14.9 Å². The van der Waals surface area contributed by atoms with Crippen LogP contribution in [0.1, 0.15) is 43.0 Å². The number of anilines is 1. The number of nitrogens with zero attached hydrogens (tertiary/aromatic N) is 3. The van der Waals surface area contributed by atoms with E-state index in [1.165, 1.54) is 6.07 Å². The van der Waals surface area contributed by atoms with E-state index in [4.69, 9.17) is 0 Å². The summed E-state index contributed by atoms with van der Waals surface area (Å²) in [4.78, 5) is 28.0. The standard InChI is InChI=1S/C19H28N4O3/c1-14-3-6-16(7-4-14)20-19(24)15-5-8-17(18(13-15)23(25)26)22-11-9-21(2)10-12-22/h5,8,13-14,16H,3-4,6-7,9-12H2,1-2H3,(H,20,24). The second-order valence-electron chi connectivity index (χ2n) is 7.68. The van der Waals surface area contributed by atoms with Crippen LogP contribution in [0.3, 0.4) is 0 Å². The molecule has 0 unspecified atom stereocenters. The van der Waals surface area contributed by atoms with Gasteiger partial charge in [0.25, 0.3) is 11.6 Å². The quantitative estimate of drug-likeness (QED) is 0.660. The maximum Gasteiger partial charge on any atom is 0.293 e. The maximum absolute atomic E-state index is 12.5. The van der Waals surface area contributed by atoms with Gasteiger partial charge in [-0.2, -0.15) is 0 Å².